The summed E-state index contributed by atoms with van der Waals surface area (Å²) < 4.78 is 0. The van der Waals surface area contributed by atoms with Crippen LogP contribution in [0.4, 0.5) is 17.2 Å². The van der Waals surface area contributed by atoms with Gasteiger partial charge in [-0.2, -0.15) is 5.26 Å². The predicted octanol–water partition coefficient (Wildman–Crippen LogP) is 7.58. The van der Waals surface area contributed by atoms with E-state index in [0.717, 1.165) is 17.2 Å². The summed E-state index contributed by atoms with van der Waals surface area (Å²) in [6.45, 7) is 0. The van der Waals surface area contributed by atoms with E-state index in [0.29, 0.717) is 5.69 Å². The Hall–Kier alpha value is -4.33. The average molecular weight is 466 g/mol. The molecular formula is C31H19N3S. The molecule has 0 atom stereocenters. The highest BCUT2D eigenvalue weighted by molar-refractivity contribution is 7.99. The summed E-state index contributed by atoms with van der Waals surface area (Å²) in [4.78, 5) is 9.44. The minimum Gasteiger partial charge on any atom is -0.294 e. The highest BCUT2D eigenvalue weighted by atomic mass is 32.2. The van der Waals surface area contributed by atoms with Crippen molar-refractivity contribution in [2.24, 2.45) is 0 Å². The number of benzene rings is 4. The predicted molar refractivity (Wildman–Crippen MR) is 140 cm³/mol. The standard InChI is InChI=1S/C31H19N3S/c32-20-21-10-9-19-30(33-21)34-26-15-5-1-11-22(26)31(23-12-2-6-16-27(23)34)24-13-3-7-17-28(24)35-29-18-8-4-14-25(29)31/h1-19H. The first kappa shape index (κ1) is 20.1. The number of rotatable bonds is 1. The van der Waals surface area contributed by atoms with Gasteiger partial charge in [0, 0.05) is 9.79 Å². The number of anilines is 3. The largest absolute Gasteiger partial charge is 0.294 e. The fourth-order valence-corrected chi connectivity index (χ4v) is 6.87. The van der Waals surface area contributed by atoms with E-state index >= 15 is 0 Å². The zero-order chi connectivity index (χ0) is 23.4. The third-order valence-corrected chi connectivity index (χ3v) is 8.13. The molecule has 0 unspecified atom stereocenters. The van der Waals surface area contributed by atoms with Gasteiger partial charge in [-0.3, -0.25) is 4.90 Å². The molecule has 0 fully saturated rings. The molecule has 0 bridgehead atoms. The van der Waals surface area contributed by atoms with Gasteiger partial charge in [-0.1, -0.05) is 90.6 Å². The van der Waals surface area contributed by atoms with E-state index in [1.807, 2.05) is 23.9 Å². The molecule has 35 heavy (non-hydrogen) atoms. The second-order valence-corrected chi connectivity index (χ2v) is 9.79. The number of nitrogens with zero attached hydrogens (tertiary/aromatic N) is 3. The van der Waals surface area contributed by atoms with E-state index in [-0.39, 0.29) is 0 Å². The minimum atomic E-state index is -0.463. The SMILES string of the molecule is N#Cc1cccc(N2c3ccccc3C3(c4ccccc4Sc4ccccc43)c3ccccc32)n1. The van der Waals surface area contributed by atoms with Gasteiger partial charge in [-0.25, -0.2) is 4.98 Å². The van der Waals surface area contributed by atoms with E-state index in [1.165, 1.54) is 32.0 Å². The van der Waals surface area contributed by atoms with Crippen molar-refractivity contribution in [1.82, 2.24) is 4.98 Å². The molecule has 0 saturated carbocycles. The Labute approximate surface area is 208 Å². The van der Waals surface area contributed by atoms with Gasteiger partial charge in [-0.05, 0) is 58.7 Å². The number of aromatic nitrogens is 1. The average Bonchev–Trinajstić information content (AvgIpc) is 2.93. The summed E-state index contributed by atoms with van der Waals surface area (Å²) >= 11 is 1.84. The van der Waals surface area contributed by atoms with Crippen LogP contribution in [0.5, 0.6) is 0 Å². The maximum Gasteiger partial charge on any atom is 0.142 e. The van der Waals surface area contributed by atoms with Crippen molar-refractivity contribution in [3.05, 3.63) is 143 Å². The topological polar surface area (TPSA) is 39.9 Å². The maximum atomic E-state index is 9.53. The second kappa shape index (κ2) is 7.59. The minimum absolute atomic E-state index is 0.405. The van der Waals surface area contributed by atoms with Crippen LogP contribution in [0.25, 0.3) is 0 Å². The van der Waals surface area contributed by atoms with Crippen LogP contribution in [0, 0.1) is 11.3 Å². The van der Waals surface area contributed by atoms with Crippen molar-refractivity contribution >= 4 is 29.0 Å². The van der Waals surface area contributed by atoms with Gasteiger partial charge in [0.25, 0.3) is 0 Å². The summed E-state index contributed by atoms with van der Waals surface area (Å²) in [6.07, 6.45) is 0. The van der Waals surface area contributed by atoms with Crippen molar-refractivity contribution in [2.75, 3.05) is 4.90 Å². The molecule has 4 aromatic carbocycles. The van der Waals surface area contributed by atoms with Crippen molar-refractivity contribution in [1.29, 1.82) is 5.26 Å². The Morgan fingerprint density at radius 3 is 1.69 bits per heavy atom. The lowest BCUT2D eigenvalue weighted by Gasteiger charge is -2.48. The molecule has 1 spiro atoms. The summed E-state index contributed by atoms with van der Waals surface area (Å²) in [6, 6.07) is 42.6. The molecule has 5 aromatic rings. The molecule has 0 saturated heterocycles. The van der Waals surface area contributed by atoms with Crippen LogP contribution < -0.4 is 4.90 Å². The summed E-state index contributed by atoms with van der Waals surface area (Å²) in [5.74, 6) is 0.741. The highest BCUT2D eigenvalue weighted by Crippen LogP contribution is 2.62. The van der Waals surface area contributed by atoms with Crippen molar-refractivity contribution in [3.8, 4) is 6.07 Å². The molecule has 0 radical (unpaired) electrons. The Balaban J connectivity index is 1.65. The summed E-state index contributed by atoms with van der Waals surface area (Å²) in [7, 11) is 0. The number of fused-ring (bicyclic) bond motifs is 8. The Morgan fingerprint density at radius 2 is 1.11 bits per heavy atom. The van der Waals surface area contributed by atoms with Crippen LogP contribution in [-0.2, 0) is 5.41 Å². The number of hydrogen-bond acceptors (Lipinski definition) is 4. The monoisotopic (exact) mass is 465 g/mol. The Morgan fingerprint density at radius 1 is 0.600 bits per heavy atom. The third-order valence-electron chi connectivity index (χ3n) is 6.98. The molecule has 4 heteroatoms. The fourth-order valence-electron chi connectivity index (χ4n) is 5.68. The summed E-state index contributed by atoms with van der Waals surface area (Å²) in [5.41, 5.74) is 7.10. The highest BCUT2D eigenvalue weighted by Gasteiger charge is 2.50. The van der Waals surface area contributed by atoms with Gasteiger partial charge in [-0.15, -0.1) is 0 Å². The summed E-state index contributed by atoms with van der Waals surface area (Å²) in [5, 5.41) is 9.53. The van der Waals surface area contributed by atoms with Crippen LogP contribution in [-0.4, -0.2) is 4.98 Å². The quantitative estimate of drug-likeness (QED) is 0.250. The number of pyridine rings is 1. The van der Waals surface area contributed by atoms with E-state index < -0.39 is 5.41 Å². The third kappa shape index (κ3) is 2.70. The Kier molecular flexibility index (Phi) is 4.36. The van der Waals surface area contributed by atoms with Gasteiger partial charge in [0.1, 0.15) is 17.6 Å². The molecule has 164 valence electrons. The van der Waals surface area contributed by atoms with Crippen molar-refractivity contribution < 1.29 is 0 Å². The van der Waals surface area contributed by atoms with Gasteiger partial charge in [0.05, 0.1) is 16.8 Å². The molecule has 2 aliphatic heterocycles. The molecule has 7 rings (SSSR count). The lowest BCUT2D eigenvalue weighted by molar-refractivity contribution is 0.691. The molecule has 0 N–H and O–H groups in total. The van der Waals surface area contributed by atoms with Crippen LogP contribution in [0.1, 0.15) is 27.9 Å². The van der Waals surface area contributed by atoms with E-state index in [1.54, 1.807) is 6.07 Å². The molecular weight excluding hydrogens is 446 g/mol. The second-order valence-electron chi connectivity index (χ2n) is 8.71. The van der Waals surface area contributed by atoms with Gasteiger partial charge >= 0.3 is 0 Å². The normalized spacial score (nSPS) is 14.3. The first-order chi connectivity index (χ1) is 17.3. The Bertz CT molecular complexity index is 1570. The number of para-hydroxylation sites is 2. The van der Waals surface area contributed by atoms with Gasteiger partial charge in [0.2, 0.25) is 0 Å². The van der Waals surface area contributed by atoms with Crippen molar-refractivity contribution in [2.45, 2.75) is 15.2 Å². The molecule has 3 nitrogen and oxygen atoms in total. The van der Waals surface area contributed by atoms with Crippen molar-refractivity contribution in [3.63, 3.8) is 0 Å². The lowest BCUT2D eigenvalue weighted by Crippen LogP contribution is -2.39. The first-order valence-electron chi connectivity index (χ1n) is 11.6. The van der Waals surface area contributed by atoms with Crippen LogP contribution >= 0.6 is 11.8 Å². The van der Waals surface area contributed by atoms with E-state index in [4.69, 9.17) is 4.98 Å². The smallest absolute Gasteiger partial charge is 0.142 e. The van der Waals surface area contributed by atoms with Gasteiger partial charge < -0.3 is 0 Å². The molecule has 1 aromatic heterocycles. The zero-order valence-electron chi connectivity index (χ0n) is 18.7. The number of nitriles is 1. The first-order valence-corrected chi connectivity index (χ1v) is 12.4. The van der Waals surface area contributed by atoms with Crippen LogP contribution in [0.15, 0.2) is 125 Å². The zero-order valence-corrected chi connectivity index (χ0v) is 19.5. The van der Waals surface area contributed by atoms with Crippen LogP contribution in [0.2, 0.25) is 0 Å². The number of hydrogen-bond donors (Lipinski definition) is 0. The molecule has 0 amide bonds. The molecule has 2 aliphatic rings. The van der Waals surface area contributed by atoms with E-state index in [2.05, 4.69) is 108 Å². The lowest BCUT2D eigenvalue weighted by atomic mass is 9.62. The maximum absolute atomic E-state index is 9.53. The fraction of sp³-hybridized carbons (Fsp3) is 0.0323. The van der Waals surface area contributed by atoms with Crippen LogP contribution in [0.3, 0.4) is 0 Å². The van der Waals surface area contributed by atoms with E-state index in [9.17, 15) is 5.26 Å². The molecule has 3 heterocycles. The molecule has 0 aliphatic carbocycles. The van der Waals surface area contributed by atoms with Gasteiger partial charge in [0.15, 0.2) is 0 Å².